The molecule has 1 aliphatic heterocycles. The number of rotatable bonds is 6. The number of imidazole rings is 1. The van der Waals surface area contributed by atoms with Crippen LogP contribution in [0.1, 0.15) is 15.9 Å². The first kappa shape index (κ1) is 19.0. The Morgan fingerprint density at radius 3 is 2.64 bits per heavy atom. The summed E-state index contributed by atoms with van der Waals surface area (Å²) in [6.07, 6.45) is 5.61. The molecule has 3 aromatic rings. The van der Waals surface area contributed by atoms with Crippen LogP contribution in [0.4, 0.5) is 0 Å². The molecule has 7 heteroatoms. The molecule has 0 N–H and O–H groups in total. The summed E-state index contributed by atoms with van der Waals surface area (Å²) in [5.74, 6) is 1.19. The summed E-state index contributed by atoms with van der Waals surface area (Å²) in [7, 11) is 0. The molecule has 146 valence electrons. The van der Waals surface area contributed by atoms with Gasteiger partial charge in [0.2, 0.25) is 0 Å². The number of benzene rings is 1. The highest BCUT2D eigenvalue weighted by Gasteiger charge is 2.22. The van der Waals surface area contributed by atoms with Gasteiger partial charge in [-0.1, -0.05) is 30.3 Å². The second-order valence-corrected chi connectivity index (χ2v) is 8.04. The minimum atomic E-state index is 0.0523. The Bertz CT molecular complexity index is 934. The molecule has 1 amide bonds. The maximum absolute atomic E-state index is 12.9. The summed E-state index contributed by atoms with van der Waals surface area (Å²) >= 11 is 1.86. The molecule has 0 aliphatic carbocycles. The van der Waals surface area contributed by atoms with Crippen molar-refractivity contribution in [2.45, 2.75) is 6.54 Å². The van der Waals surface area contributed by atoms with Gasteiger partial charge in [-0.05, 0) is 17.9 Å². The zero-order valence-electron chi connectivity index (χ0n) is 16.1. The van der Waals surface area contributed by atoms with Gasteiger partial charge in [0.15, 0.2) is 5.65 Å². The van der Waals surface area contributed by atoms with E-state index in [2.05, 4.69) is 33.3 Å². The lowest BCUT2D eigenvalue weighted by molar-refractivity contribution is 0.0644. The van der Waals surface area contributed by atoms with Crippen LogP contribution in [0.5, 0.6) is 0 Å². The number of nitrogens with zero attached hydrogens (tertiary/aromatic N) is 5. The Morgan fingerprint density at radius 2 is 1.89 bits per heavy atom. The summed E-state index contributed by atoms with van der Waals surface area (Å²) in [5, 5.41) is 0. The van der Waals surface area contributed by atoms with Gasteiger partial charge in [-0.15, -0.1) is 0 Å². The normalized spacial score (nSPS) is 15.2. The van der Waals surface area contributed by atoms with Gasteiger partial charge in [-0.25, -0.2) is 9.97 Å². The Labute approximate surface area is 169 Å². The minimum Gasteiger partial charge on any atom is -0.336 e. The van der Waals surface area contributed by atoms with Gasteiger partial charge < -0.3 is 9.47 Å². The highest BCUT2D eigenvalue weighted by Crippen LogP contribution is 2.16. The predicted molar refractivity (Wildman–Crippen MR) is 114 cm³/mol. The largest absolute Gasteiger partial charge is 0.336 e. The lowest BCUT2D eigenvalue weighted by Gasteiger charge is -2.34. The number of hydrogen-bond donors (Lipinski definition) is 0. The van der Waals surface area contributed by atoms with Crippen LogP contribution in [0.3, 0.4) is 0 Å². The third-order valence-electron chi connectivity index (χ3n) is 5.17. The maximum atomic E-state index is 12.9. The van der Waals surface area contributed by atoms with E-state index in [4.69, 9.17) is 0 Å². The van der Waals surface area contributed by atoms with Crippen molar-refractivity contribution >= 4 is 28.8 Å². The van der Waals surface area contributed by atoms with Crippen molar-refractivity contribution in [3.8, 4) is 0 Å². The summed E-state index contributed by atoms with van der Waals surface area (Å²) < 4.78 is 2.02. The quantitative estimate of drug-likeness (QED) is 0.642. The number of carbonyl (C=O) groups excluding carboxylic acids is 1. The first-order valence-electron chi connectivity index (χ1n) is 9.60. The Kier molecular flexibility index (Phi) is 5.92. The third-order valence-corrected chi connectivity index (χ3v) is 5.76. The monoisotopic (exact) mass is 395 g/mol. The number of thioether (sulfide) groups is 1. The first-order valence-corrected chi connectivity index (χ1v) is 11.0. The van der Waals surface area contributed by atoms with E-state index in [-0.39, 0.29) is 5.91 Å². The summed E-state index contributed by atoms with van der Waals surface area (Å²) in [4.78, 5) is 26.3. The number of fused-ring (bicyclic) bond motifs is 1. The molecular formula is C21H25N5OS. The number of hydrogen-bond acceptors (Lipinski definition) is 5. The van der Waals surface area contributed by atoms with Gasteiger partial charge in [-0.2, -0.15) is 11.8 Å². The Balaban J connectivity index is 1.44. The molecule has 4 rings (SSSR count). The molecule has 28 heavy (non-hydrogen) atoms. The molecule has 1 aromatic carbocycles. The van der Waals surface area contributed by atoms with Crippen molar-refractivity contribution in [2.24, 2.45) is 0 Å². The topological polar surface area (TPSA) is 54.3 Å². The minimum absolute atomic E-state index is 0.0523. The van der Waals surface area contributed by atoms with E-state index in [1.807, 2.05) is 45.5 Å². The van der Waals surface area contributed by atoms with Crippen molar-refractivity contribution in [1.82, 2.24) is 24.3 Å². The van der Waals surface area contributed by atoms with Gasteiger partial charge >= 0.3 is 0 Å². The first-order chi connectivity index (χ1) is 13.7. The molecule has 0 radical (unpaired) electrons. The van der Waals surface area contributed by atoms with Crippen LogP contribution in [0.2, 0.25) is 0 Å². The van der Waals surface area contributed by atoms with Crippen molar-refractivity contribution < 1.29 is 4.79 Å². The standard InChI is InChI=1S/C21H25N5OS/c1-28-12-11-24-7-9-25(10-8-24)21(27)18-13-19-20(22-14-18)26(16-23-19)15-17-5-3-2-4-6-17/h2-6,13-14,16H,7-12,15H2,1H3. The lowest BCUT2D eigenvalue weighted by Crippen LogP contribution is -2.49. The lowest BCUT2D eigenvalue weighted by atomic mass is 10.2. The van der Waals surface area contributed by atoms with E-state index in [9.17, 15) is 4.79 Å². The van der Waals surface area contributed by atoms with Gasteiger partial charge in [0.1, 0.15) is 5.52 Å². The number of pyridine rings is 1. The van der Waals surface area contributed by atoms with Crippen LogP contribution < -0.4 is 0 Å². The molecule has 2 aromatic heterocycles. The average Bonchev–Trinajstić information content (AvgIpc) is 3.15. The maximum Gasteiger partial charge on any atom is 0.255 e. The SMILES string of the molecule is CSCCN1CCN(C(=O)c2cnc3c(c2)ncn3Cc2ccccc2)CC1. The summed E-state index contributed by atoms with van der Waals surface area (Å²) in [6, 6.07) is 12.1. The average molecular weight is 396 g/mol. The molecule has 3 heterocycles. The van der Waals surface area contributed by atoms with E-state index in [0.29, 0.717) is 5.56 Å². The van der Waals surface area contributed by atoms with E-state index in [0.717, 1.165) is 56.2 Å². The predicted octanol–water partition coefficient (Wildman–Crippen LogP) is 2.60. The van der Waals surface area contributed by atoms with Crippen LogP contribution in [-0.4, -0.2) is 75.0 Å². The van der Waals surface area contributed by atoms with Crippen LogP contribution >= 0.6 is 11.8 Å². The number of carbonyl (C=O) groups is 1. The van der Waals surface area contributed by atoms with Crippen LogP contribution in [0.15, 0.2) is 48.9 Å². The van der Waals surface area contributed by atoms with Gasteiger partial charge in [0.25, 0.3) is 5.91 Å². The fourth-order valence-electron chi connectivity index (χ4n) is 3.54. The molecule has 0 unspecified atom stereocenters. The number of piperazine rings is 1. The molecule has 1 aliphatic rings. The highest BCUT2D eigenvalue weighted by molar-refractivity contribution is 7.98. The molecule has 6 nitrogen and oxygen atoms in total. The van der Waals surface area contributed by atoms with E-state index >= 15 is 0 Å². The van der Waals surface area contributed by atoms with Crippen LogP contribution in [0.25, 0.3) is 11.2 Å². The van der Waals surface area contributed by atoms with Gasteiger partial charge in [0.05, 0.1) is 18.4 Å². The fraction of sp³-hybridized carbons (Fsp3) is 0.381. The van der Waals surface area contributed by atoms with Crippen LogP contribution in [0, 0.1) is 0 Å². The molecule has 0 atom stereocenters. The van der Waals surface area contributed by atoms with Crippen LogP contribution in [-0.2, 0) is 6.54 Å². The molecule has 0 spiro atoms. The Morgan fingerprint density at radius 1 is 1.11 bits per heavy atom. The fourth-order valence-corrected chi connectivity index (χ4v) is 3.98. The molecule has 1 fully saturated rings. The molecule has 0 bridgehead atoms. The third kappa shape index (κ3) is 4.20. The highest BCUT2D eigenvalue weighted by atomic mass is 32.2. The summed E-state index contributed by atoms with van der Waals surface area (Å²) in [5.41, 5.74) is 3.39. The summed E-state index contributed by atoms with van der Waals surface area (Å²) in [6.45, 7) is 5.23. The van der Waals surface area contributed by atoms with Crippen molar-refractivity contribution in [3.63, 3.8) is 0 Å². The zero-order chi connectivity index (χ0) is 19.3. The van der Waals surface area contributed by atoms with E-state index in [1.165, 1.54) is 5.56 Å². The number of aromatic nitrogens is 3. The molecule has 0 saturated carbocycles. The van der Waals surface area contributed by atoms with E-state index in [1.54, 1.807) is 12.5 Å². The van der Waals surface area contributed by atoms with Gasteiger partial charge in [-0.3, -0.25) is 9.69 Å². The smallest absolute Gasteiger partial charge is 0.255 e. The number of amides is 1. The van der Waals surface area contributed by atoms with E-state index < -0.39 is 0 Å². The van der Waals surface area contributed by atoms with Crippen molar-refractivity contribution in [3.05, 3.63) is 60.0 Å². The molecule has 1 saturated heterocycles. The Hall–Kier alpha value is -2.38. The van der Waals surface area contributed by atoms with Crippen molar-refractivity contribution in [2.75, 3.05) is 44.7 Å². The zero-order valence-corrected chi connectivity index (χ0v) is 16.9. The molecular weight excluding hydrogens is 370 g/mol. The van der Waals surface area contributed by atoms with Crippen molar-refractivity contribution in [1.29, 1.82) is 0 Å². The van der Waals surface area contributed by atoms with Gasteiger partial charge in [0, 0.05) is 44.7 Å². The second kappa shape index (κ2) is 8.75. The second-order valence-electron chi connectivity index (χ2n) is 7.05.